The molecule has 1 rings (SSSR count). The first kappa shape index (κ1) is 26.3. The Morgan fingerprint density at radius 1 is 0.806 bits per heavy atom. The molecule has 1 heterocycles. The third-order valence-corrected chi connectivity index (χ3v) is 3.35. The lowest BCUT2D eigenvalue weighted by Gasteiger charge is -2.19. The number of rotatable bonds is 15. The molecule has 11 nitrogen and oxygen atoms in total. The predicted octanol–water partition coefficient (Wildman–Crippen LogP) is 1.64. The summed E-state index contributed by atoms with van der Waals surface area (Å²) >= 11 is 0. The molecule has 0 aliphatic heterocycles. The zero-order valence-electron chi connectivity index (χ0n) is 17.9. The number of carboxylic acid groups (broad SMARTS) is 2. The van der Waals surface area contributed by atoms with Gasteiger partial charge in [-0.25, -0.2) is 14.6 Å². The summed E-state index contributed by atoms with van der Waals surface area (Å²) < 4.78 is 26.4. The van der Waals surface area contributed by atoms with Gasteiger partial charge in [0.05, 0.1) is 46.1 Å². The smallest absolute Gasteiger partial charge is 0.354 e. The van der Waals surface area contributed by atoms with Crippen LogP contribution in [0, 0.1) is 0 Å². The number of pyridine rings is 1. The molecule has 0 spiro atoms. The van der Waals surface area contributed by atoms with Crippen LogP contribution in [0.1, 0.15) is 48.2 Å². The maximum atomic E-state index is 11.5. The summed E-state index contributed by atoms with van der Waals surface area (Å²) in [5.74, 6) is -2.94. The number of esters is 1. The molecule has 0 unspecified atom stereocenters. The van der Waals surface area contributed by atoms with Gasteiger partial charge in [0.25, 0.3) is 0 Å². The van der Waals surface area contributed by atoms with E-state index in [-0.39, 0.29) is 38.0 Å². The van der Waals surface area contributed by atoms with Crippen LogP contribution in [-0.2, 0) is 23.7 Å². The Morgan fingerprint density at radius 2 is 1.26 bits per heavy atom. The van der Waals surface area contributed by atoms with E-state index in [1.54, 1.807) is 20.8 Å². The van der Waals surface area contributed by atoms with Gasteiger partial charge >= 0.3 is 17.9 Å². The van der Waals surface area contributed by atoms with Crippen molar-refractivity contribution in [3.05, 3.63) is 23.5 Å². The minimum absolute atomic E-state index is 0.0770. The lowest BCUT2D eigenvalue weighted by atomic mass is 10.2. The molecule has 0 aromatic carbocycles. The van der Waals surface area contributed by atoms with Crippen molar-refractivity contribution in [1.29, 1.82) is 0 Å². The lowest BCUT2D eigenvalue weighted by molar-refractivity contribution is -0.156. The highest BCUT2D eigenvalue weighted by Crippen LogP contribution is 2.15. The number of hydrogen-bond donors (Lipinski definition) is 2. The zero-order chi connectivity index (χ0) is 23.3. The molecule has 0 amide bonds. The highest BCUT2D eigenvalue weighted by molar-refractivity contribution is 5.90. The molecule has 0 atom stereocenters. The molecule has 0 aliphatic rings. The van der Waals surface area contributed by atoms with Gasteiger partial charge in [0.15, 0.2) is 11.4 Å². The van der Waals surface area contributed by atoms with Crippen molar-refractivity contribution in [3.63, 3.8) is 0 Å². The standard InChI is InChI=1S/C20H29NO10/c1-20(2,3)31-17(22)4-5-27-6-7-28-8-9-29-10-11-30-14-12-15(18(23)24)21-16(13-14)19(25)26/h12-13H,4-11H2,1-3H3,(H,23,24)(H,25,26). The summed E-state index contributed by atoms with van der Waals surface area (Å²) in [6.07, 6.45) is 0.180. The van der Waals surface area contributed by atoms with Gasteiger partial charge in [-0.1, -0.05) is 0 Å². The van der Waals surface area contributed by atoms with Crippen molar-refractivity contribution >= 4 is 17.9 Å². The largest absolute Gasteiger partial charge is 0.491 e. The number of carbonyl (C=O) groups excluding carboxylic acids is 1. The number of carbonyl (C=O) groups is 3. The summed E-state index contributed by atoms with van der Waals surface area (Å²) in [4.78, 5) is 37.0. The highest BCUT2D eigenvalue weighted by atomic mass is 16.6. The summed E-state index contributed by atoms with van der Waals surface area (Å²) in [6.45, 7) is 7.28. The average Bonchev–Trinajstić information content (AvgIpc) is 2.67. The second-order valence-corrected chi connectivity index (χ2v) is 7.21. The van der Waals surface area contributed by atoms with Gasteiger partial charge in [0.2, 0.25) is 0 Å². The first-order valence-corrected chi connectivity index (χ1v) is 9.65. The number of hydrogen-bond acceptors (Lipinski definition) is 9. The number of carboxylic acids is 2. The van der Waals surface area contributed by atoms with Gasteiger partial charge in [-0.05, 0) is 20.8 Å². The molecule has 0 saturated heterocycles. The van der Waals surface area contributed by atoms with E-state index < -0.39 is 28.9 Å². The molecule has 0 radical (unpaired) electrons. The van der Waals surface area contributed by atoms with Crippen LogP contribution < -0.4 is 4.74 Å². The second-order valence-electron chi connectivity index (χ2n) is 7.21. The van der Waals surface area contributed by atoms with Crippen molar-refractivity contribution < 1.29 is 48.3 Å². The Kier molecular flexibility index (Phi) is 11.5. The van der Waals surface area contributed by atoms with E-state index in [9.17, 15) is 14.4 Å². The fraction of sp³-hybridized carbons (Fsp3) is 0.600. The molecule has 11 heteroatoms. The Bertz CT molecular complexity index is 697. The average molecular weight is 443 g/mol. The SMILES string of the molecule is CC(C)(C)OC(=O)CCOCCOCCOCCOc1cc(C(=O)O)nc(C(=O)O)c1. The van der Waals surface area contributed by atoms with E-state index >= 15 is 0 Å². The molecule has 0 bridgehead atoms. The maximum Gasteiger partial charge on any atom is 0.354 e. The number of nitrogens with zero attached hydrogens (tertiary/aromatic N) is 1. The van der Waals surface area contributed by atoms with Crippen LogP contribution in [-0.4, -0.2) is 85.0 Å². The van der Waals surface area contributed by atoms with Crippen LogP contribution >= 0.6 is 0 Å². The quantitative estimate of drug-likeness (QED) is 0.301. The molecule has 1 aromatic rings. The van der Waals surface area contributed by atoms with Gasteiger partial charge in [-0.3, -0.25) is 4.79 Å². The fourth-order valence-corrected chi connectivity index (χ4v) is 2.12. The van der Waals surface area contributed by atoms with E-state index in [1.165, 1.54) is 0 Å². The Hall–Kier alpha value is -2.76. The van der Waals surface area contributed by atoms with Crippen LogP contribution in [0.4, 0.5) is 0 Å². The second kappa shape index (κ2) is 13.5. The molecular formula is C20H29NO10. The van der Waals surface area contributed by atoms with Gasteiger partial charge in [-0.15, -0.1) is 0 Å². The Morgan fingerprint density at radius 3 is 1.71 bits per heavy atom. The van der Waals surface area contributed by atoms with E-state index in [0.29, 0.717) is 26.4 Å². The minimum Gasteiger partial charge on any atom is -0.491 e. The van der Waals surface area contributed by atoms with Crippen LogP contribution in [0.25, 0.3) is 0 Å². The summed E-state index contributed by atoms with van der Waals surface area (Å²) in [5, 5.41) is 17.9. The van der Waals surface area contributed by atoms with Crippen LogP contribution in [0.3, 0.4) is 0 Å². The van der Waals surface area contributed by atoms with E-state index in [0.717, 1.165) is 12.1 Å². The van der Waals surface area contributed by atoms with Crippen LogP contribution in [0.2, 0.25) is 0 Å². The van der Waals surface area contributed by atoms with Crippen molar-refractivity contribution in [3.8, 4) is 5.75 Å². The highest BCUT2D eigenvalue weighted by Gasteiger charge is 2.16. The fourth-order valence-electron chi connectivity index (χ4n) is 2.12. The zero-order valence-corrected chi connectivity index (χ0v) is 17.9. The molecule has 0 fully saturated rings. The lowest BCUT2D eigenvalue weighted by Crippen LogP contribution is -2.24. The maximum absolute atomic E-state index is 11.5. The van der Waals surface area contributed by atoms with Crippen LogP contribution in [0.5, 0.6) is 5.75 Å². The Balaban J connectivity index is 2.07. The predicted molar refractivity (Wildman–Crippen MR) is 107 cm³/mol. The summed E-state index contributed by atoms with van der Waals surface area (Å²) in [7, 11) is 0. The van der Waals surface area contributed by atoms with Gasteiger partial charge in [0, 0.05) is 12.1 Å². The number of aromatic carboxylic acids is 2. The molecule has 0 aliphatic carbocycles. The van der Waals surface area contributed by atoms with E-state index in [2.05, 4.69) is 4.98 Å². The molecule has 0 saturated carbocycles. The molecule has 174 valence electrons. The third kappa shape index (κ3) is 12.5. The third-order valence-electron chi connectivity index (χ3n) is 3.35. The number of aromatic nitrogens is 1. The molecule has 31 heavy (non-hydrogen) atoms. The van der Waals surface area contributed by atoms with E-state index in [4.69, 9.17) is 33.9 Å². The monoisotopic (exact) mass is 443 g/mol. The van der Waals surface area contributed by atoms with Crippen LogP contribution in [0.15, 0.2) is 12.1 Å². The van der Waals surface area contributed by atoms with Gasteiger partial charge in [-0.2, -0.15) is 0 Å². The molecular weight excluding hydrogens is 414 g/mol. The van der Waals surface area contributed by atoms with Gasteiger partial charge < -0.3 is 33.9 Å². The first-order valence-electron chi connectivity index (χ1n) is 9.65. The molecule has 2 N–H and O–H groups in total. The van der Waals surface area contributed by atoms with Crippen molar-refractivity contribution in [1.82, 2.24) is 4.98 Å². The summed E-state index contributed by atoms with van der Waals surface area (Å²) in [5.41, 5.74) is -1.35. The Labute approximate surface area is 180 Å². The van der Waals surface area contributed by atoms with Crippen molar-refractivity contribution in [2.75, 3.05) is 46.2 Å². The van der Waals surface area contributed by atoms with Crippen molar-refractivity contribution in [2.24, 2.45) is 0 Å². The number of ether oxygens (including phenoxy) is 5. The normalized spacial score (nSPS) is 11.2. The topological polar surface area (TPSA) is 151 Å². The van der Waals surface area contributed by atoms with Crippen molar-refractivity contribution in [2.45, 2.75) is 32.8 Å². The first-order chi connectivity index (χ1) is 14.6. The molecule has 1 aromatic heterocycles. The summed E-state index contributed by atoms with van der Waals surface area (Å²) in [6, 6.07) is 2.28. The minimum atomic E-state index is -1.35. The van der Waals surface area contributed by atoms with Gasteiger partial charge in [0.1, 0.15) is 18.0 Å². The van der Waals surface area contributed by atoms with E-state index in [1.807, 2.05) is 0 Å².